The SMILES string of the molecule is CN[C@H](C)C(=O)N[C@H](C(=O)N1CC[C@@H]2[C@H]1[C@@H](C(=O)N[C@H](C)C1CCCCC1)CN2S(C)(=O)=O)C(C)(C)C. The topological polar surface area (TPSA) is 128 Å². The van der Waals surface area contributed by atoms with Crippen LogP contribution in [0, 0.1) is 17.3 Å². The van der Waals surface area contributed by atoms with E-state index in [2.05, 4.69) is 16.0 Å². The molecule has 3 rings (SSSR count). The minimum atomic E-state index is -3.57. The predicted molar refractivity (Wildman–Crippen MR) is 143 cm³/mol. The third-order valence-electron chi connectivity index (χ3n) is 8.58. The first kappa shape index (κ1) is 29.8. The van der Waals surface area contributed by atoms with E-state index in [0.717, 1.165) is 31.9 Å². The van der Waals surface area contributed by atoms with Crippen molar-refractivity contribution < 1.29 is 22.8 Å². The Morgan fingerprint density at radius 2 is 1.59 bits per heavy atom. The van der Waals surface area contributed by atoms with Gasteiger partial charge in [0.15, 0.2) is 0 Å². The lowest BCUT2D eigenvalue weighted by Crippen LogP contribution is -2.59. The van der Waals surface area contributed by atoms with Crippen molar-refractivity contribution in [2.24, 2.45) is 17.3 Å². The Morgan fingerprint density at radius 3 is 2.14 bits per heavy atom. The second kappa shape index (κ2) is 11.6. The van der Waals surface area contributed by atoms with Crippen molar-refractivity contribution in [2.75, 3.05) is 26.4 Å². The first-order valence-corrected chi connectivity index (χ1v) is 15.6. The molecular weight excluding hydrogens is 494 g/mol. The van der Waals surface area contributed by atoms with Crippen LogP contribution < -0.4 is 16.0 Å². The quantitative estimate of drug-likeness (QED) is 0.422. The van der Waals surface area contributed by atoms with E-state index in [1.165, 1.54) is 10.7 Å². The molecule has 212 valence electrons. The Bertz CT molecular complexity index is 959. The summed E-state index contributed by atoms with van der Waals surface area (Å²) in [6, 6.07) is -2.31. The van der Waals surface area contributed by atoms with E-state index in [1.807, 2.05) is 27.7 Å². The summed E-state index contributed by atoms with van der Waals surface area (Å²) in [5.41, 5.74) is -0.583. The summed E-state index contributed by atoms with van der Waals surface area (Å²) in [7, 11) is -1.89. The number of likely N-dealkylation sites (tertiary alicyclic amines) is 1. The van der Waals surface area contributed by atoms with Crippen molar-refractivity contribution >= 4 is 27.7 Å². The minimum Gasteiger partial charge on any atom is -0.353 e. The van der Waals surface area contributed by atoms with Crippen LogP contribution in [-0.4, -0.2) is 91.9 Å². The van der Waals surface area contributed by atoms with Crippen LogP contribution in [0.4, 0.5) is 0 Å². The molecule has 3 aliphatic rings. The number of nitrogens with one attached hydrogen (secondary N) is 3. The highest BCUT2D eigenvalue weighted by Gasteiger charge is 2.56. The molecule has 2 aliphatic heterocycles. The largest absolute Gasteiger partial charge is 0.353 e. The van der Waals surface area contributed by atoms with Crippen molar-refractivity contribution in [1.82, 2.24) is 25.2 Å². The fourth-order valence-electron chi connectivity index (χ4n) is 6.21. The Labute approximate surface area is 222 Å². The molecule has 10 nitrogen and oxygen atoms in total. The monoisotopic (exact) mass is 541 g/mol. The van der Waals surface area contributed by atoms with Crippen molar-refractivity contribution in [3.63, 3.8) is 0 Å². The third kappa shape index (κ3) is 6.65. The number of carbonyl (C=O) groups excluding carboxylic acids is 3. The molecule has 0 unspecified atom stereocenters. The first-order valence-electron chi connectivity index (χ1n) is 13.7. The minimum absolute atomic E-state index is 0.00580. The zero-order valence-electron chi connectivity index (χ0n) is 23.5. The molecule has 3 fully saturated rings. The van der Waals surface area contributed by atoms with Gasteiger partial charge in [0.05, 0.1) is 24.3 Å². The van der Waals surface area contributed by atoms with Crippen molar-refractivity contribution in [3.05, 3.63) is 0 Å². The maximum Gasteiger partial charge on any atom is 0.246 e. The van der Waals surface area contributed by atoms with Gasteiger partial charge in [-0.3, -0.25) is 14.4 Å². The van der Waals surface area contributed by atoms with Gasteiger partial charge < -0.3 is 20.9 Å². The number of fused-ring (bicyclic) bond motifs is 1. The van der Waals surface area contributed by atoms with E-state index < -0.39 is 45.5 Å². The van der Waals surface area contributed by atoms with E-state index in [4.69, 9.17) is 0 Å². The summed E-state index contributed by atoms with van der Waals surface area (Å²) < 4.78 is 26.7. The summed E-state index contributed by atoms with van der Waals surface area (Å²) in [5, 5.41) is 8.97. The van der Waals surface area contributed by atoms with Crippen LogP contribution in [0.25, 0.3) is 0 Å². The molecule has 1 aliphatic carbocycles. The van der Waals surface area contributed by atoms with Gasteiger partial charge in [-0.2, -0.15) is 4.31 Å². The Kier molecular flexibility index (Phi) is 9.33. The molecule has 0 aromatic heterocycles. The van der Waals surface area contributed by atoms with Crippen LogP contribution in [0.3, 0.4) is 0 Å². The van der Waals surface area contributed by atoms with Gasteiger partial charge >= 0.3 is 0 Å². The lowest BCUT2D eigenvalue weighted by Gasteiger charge is -2.37. The Balaban J connectivity index is 1.86. The summed E-state index contributed by atoms with van der Waals surface area (Å²) >= 11 is 0. The number of sulfonamides is 1. The van der Waals surface area contributed by atoms with Gasteiger partial charge in [0.25, 0.3) is 0 Å². The number of nitrogens with zero attached hydrogens (tertiary/aromatic N) is 2. The smallest absolute Gasteiger partial charge is 0.246 e. The fraction of sp³-hybridized carbons (Fsp3) is 0.885. The molecular formula is C26H47N5O5S. The summed E-state index contributed by atoms with van der Waals surface area (Å²) in [5.74, 6) is -1.00. The van der Waals surface area contributed by atoms with Crippen molar-refractivity contribution in [3.8, 4) is 0 Å². The van der Waals surface area contributed by atoms with Crippen LogP contribution in [0.15, 0.2) is 0 Å². The Morgan fingerprint density at radius 1 is 0.973 bits per heavy atom. The second-order valence-electron chi connectivity index (χ2n) is 12.3. The van der Waals surface area contributed by atoms with Crippen LogP contribution in [0.1, 0.15) is 73.1 Å². The number of amides is 3. The van der Waals surface area contributed by atoms with Gasteiger partial charge in [-0.1, -0.05) is 40.0 Å². The number of hydrogen-bond acceptors (Lipinski definition) is 6. The van der Waals surface area contributed by atoms with Gasteiger partial charge in [-0.15, -0.1) is 0 Å². The van der Waals surface area contributed by atoms with Crippen LogP contribution in [0.2, 0.25) is 0 Å². The highest BCUT2D eigenvalue weighted by molar-refractivity contribution is 7.88. The van der Waals surface area contributed by atoms with Gasteiger partial charge in [0, 0.05) is 25.2 Å². The van der Waals surface area contributed by atoms with Gasteiger partial charge in [0.2, 0.25) is 27.7 Å². The third-order valence-corrected chi connectivity index (χ3v) is 9.85. The van der Waals surface area contributed by atoms with E-state index in [-0.39, 0.29) is 30.3 Å². The maximum atomic E-state index is 14.0. The summed E-state index contributed by atoms with van der Waals surface area (Å²) in [4.78, 5) is 41.9. The second-order valence-corrected chi connectivity index (χ2v) is 14.3. The molecule has 11 heteroatoms. The number of rotatable bonds is 8. The molecule has 0 aromatic rings. The van der Waals surface area contributed by atoms with E-state index in [0.29, 0.717) is 18.9 Å². The lowest BCUT2D eigenvalue weighted by atomic mass is 9.84. The number of likely N-dealkylation sites (N-methyl/N-ethyl adjacent to an activating group) is 1. The van der Waals surface area contributed by atoms with Gasteiger partial charge in [0.1, 0.15) is 6.04 Å². The molecule has 0 spiro atoms. The summed E-state index contributed by atoms with van der Waals surface area (Å²) in [6.45, 7) is 9.82. The molecule has 2 heterocycles. The molecule has 6 atom stereocenters. The summed E-state index contributed by atoms with van der Waals surface area (Å²) in [6.07, 6.45) is 7.33. The van der Waals surface area contributed by atoms with Crippen molar-refractivity contribution in [2.45, 2.75) is 103 Å². The first-order chi connectivity index (χ1) is 17.2. The van der Waals surface area contributed by atoms with E-state index >= 15 is 0 Å². The highest BCUT2D eigenvalue weighted by Crippen LogP contribution is 2.39. The Hall–Kier alpha value is -1.72. The number of carbonyl (C=O) groups is 3. The average Bonchev–Trinajstić information content (AvgIpc) is 3.41. The van der Waals surface area contributed by atoms with E-state index in [1.54, 1.807) is 18.9 Å². The molecule has 3 amide bonds. The average molecular weight is 542 g/mol. The highest BCUT2D eigenvalue weighted by atomic mass is 32.2. The van der Waals surface area contributed by atoms with Crippen LogP contribution >= 0.6 is 0 Å². The number of hydrogen-bond donors (Lipinski definition) is 3. The zero-order chi connectivity index (χ0) is 27.7. The zero-order valence-corrected chi connectivity index (χ0v) is 24.4. The van der Waals surface area contributed by atoms with Crippen LogP contribution in [0.5, 0.6) is 0 Å². The van der Waals surface area contributed by atoms with Crippen LogP contribution in [-0.2, 0) is 24.4 Å². The fourth-order valence-corrected chi connectivity index (χ4v) is 7.36. The molecule has 37 heavy (non-hydrogen) atoms. The molecule has 0 radical (unpaired) electrons. The normalized spacial score (nSPS) is 27.9. The molecule has 3 N–H and O–H groups in total. The maximum absolute atomic E-state index is 14.0. The molecule has 0 aromatic carbocycles. The van der Waals surface area contributed by atoms with E-state index in [9.17, 15) is 22.8 Å². The molecule has 0 bridgehead atoms. The lowest BCUT2D eigenvalue weighted by molar-refractivity contribution is -0.142. The molecule has 1 saturated carbocycles. The standard InChI is InChI=1S/C26H47N5O5S/c1-16(18-11-9-8-10-12-18)28-24(33)19-15-31(37(7,35)36)20-13-14-30(21(19)20)25(34)22(26(3,4)5)29-23(32)17(2)27-6/h16-22,27H,8-15H2,1-7H3,(H,28,33)(H,29,32)/t16-,17-,19+,20-,21-,22-/m1/s1. The molecule has 2 saturated heterocycles. The van der Waals surface area contributed by atoms with Gasteiger partial charge in [-0.25, -0.2) is 8.42 Å². The van der Waals surface area contributed by atoms with Gasteiger partial charge in [-0.05, 0) is 51.5 Å². The predicted octanol–water partition coefficient (Wildman–Crippen LogP) is 1.07. The van der Waals surface area contributed by atoms with Crippen molar-refractivity contribution in [1.29, 1.82) is 0 Å².